The minimum atomic E-state index is -0.509. The van der Waals surface area contributed by atoms with Crippen LogP contribution in [-0.4, -0.2) is 17.5 Å². The molecule has 0 aromatic heterocycles. The second-order valence-electron chi connectivity index (χ2n) is 7.40. The van der Waals surface area contributed by atoms with Gasteiger partial charge in [-0.1, -0.05) is 32.6 Å². The van der Waals surface area contributed by atoms with Gasteiger partial charge in [-0.05, 0) is 46.0 Å². The molecule has 2 rings (SSSR count). The Morgan fingerprint density at radius 2 is 2.00 bits per heavy atom. The lowest BCUT2D eigenvalue weighted by atomic mass is 9.74. The van der Waals surface area contributed by atoms with Crippen molar-refractivity contribution in [3.05, 3.63) is 0 Å². The normalized spacial score (nSPS) is 35.5. The smallest absolute Gasteiger partial charge is 0.163 e. The van der Waals surface area contributed by atoms with Gasteiger partial charge < -0.3 is 9.47 Å². The van der Waals surface area contributed by atoms with Crippen molar-refractivity contribution in [1.82, 2.24) is 0 Å². The van der Waals surface area contributed by atoms with E-state index >= 15 is 0 Å². The van der Waals surface area contributed by atoms with Gasteiger partial charge in [-0.15, -0.1) is 0 Å². The first-order valence-electron chi connectivity index (χ1n) is 8.76. The first-order valence-corrected chi connectivity index (χ1v) is 8.76. The van der Waals surface area contributed by atoms with E-state index in [0.29, 0.717) is 6.10 Å². The van der Waals surface area contributed by atoms with E-state index in [1.54, 1.807) is 0 Å². The number of rotatable bonds is 5. The highest BCUT2D eigenvalue weighted by molar-refractivity contribution is 4.99. The second-order valence-corrected chi connectivity index (χ2v) is 7.40. The maximum Gasteiger partial charge on any atom is 0.163 e. The second kappa shape index (κ2) is 7.11. The number of ether oxygens (including phenoxy) is 2. The van der Waals surface area contributed by atoms with E-state index in [-0.39, 0.29) is 11.5 Å². The minimum Gasteiger partial charge on any atom is -0.347 e. The molecule has 3 atom stereocenters. The first-order chi connectivity index (χ1) is 9.99. The molecular formula is C18H31NO2. The molecular weight excluding hydrogens is 262 g/mol. The number of hydrogen-bond donors (Lipinski definition) is 0. The summed E-state index contributed by atoms with van der Waals surface area (Å²) in [4.78, 5) is 0. The van der Waals surface area contributed by atoms with Crippen LogP contribution in [0.5, 0.6) is 0 Å². The molecule has 1 spiro atoms. The lowest BCUT2D eigenvalue weighted by Crippen LogP contribution is -2.54. The van der Waals surface area contributed by atoms with Gasteiger partial charge in [-0.3, -0.25) is 0 Å². The van der Waals surface area contributed by atoms with Gasteiger partial charge in [0.05, 0.1) is 17.8 Å². The van der Waals surface area contributed by atoms with Gasteiger partial charge in [-0.2, -0.15) is 5.26 Å². The molecule has 0 bridgehead atoms. The molecule has 1 aliphatic heterocycles. The van der Waals surface area contributed by atoms with Crippen LogP contribution in [0.25, 0.3) is 0 Å². The summed E-state index contributed by atoms with van der Waals surface area (Å²) < 4.78 is 12.5. The molecule has 0 N–H and O–H groups in total. The Hall–Kier alpha value is -0.590. The lowest BCUT2D eigenvalue weighted by Gasteiger charge is -2.51. The maximum absolute atomic E-state index is 9.26. The van der Waals surface area contributed by atoms with Crippen LogP contribution in [0.4, 0.5) is 0 Å². The molecule has 1 saturated carbocycles. The van der Waals surface area contributed by atoms with Gasteiger partial charge in [0, 0.05) is 12.3 Å². The van der Waals surface area contributed by atoms with Crippen molar-refractivity contribution in [3.63, 3.8) is 0 Å². The summed E-state index contributed by atoms with van der Waals surface area (Å²) >= 11 is 0. The van der Waals surface area contributed by atoms with Gasteiger partial charge in [-0.25, -0.2) is 0 Å². The first kappa shape index (κ1) is 16.8. The van der Waals surface area contributed by atoms with Gasteiger partial charge in [0.25, 0.3) is 0 Å². The van der Waals surface area contributed by atoms with E-state index in [0.717, 1.165) is 38.5 Å². The fourth-order valence-electron chi connectivity index (χ4n) is 4.12. The zero-order valence-corrected chi connectivity index (χ0v) is 14.0. The standard InChI is InChI=1S/C18H31NO2/c1-4-5-6-7-10-16-13-18(21-17(2,3)20-16)11-8-9-15(12-18)14-19/h15-16H,4-13H2,1-3H3/t15?,16-,18-/m0/s1. The van der Waals surface area contributed by atoms with E-state index in [1.807, 2.05) is 13.8 Å². The largest absolute Gasteiger partial charge is 0.347 e. The summed E-state index contributed by atoms with van der Waals surface area (Å²) in [7, 11) is 0. The molecule has 3 nitrogen and oxygen atoms in total. The van der Waals surface area contributed by atoms with Crippen molar-refractivity contribution in [2.24, 2.45) is 5.92 Å². The molecule has 2 fully saturated rings. The molecule has 21 heavy (non-hydrogen) atoms. The van der Waals surface area contributed by atoms with Crippen molar-refractivity contribution in [2.45, 2.75) is 102 Å². The van der Waals surface area contributed by atoms with E-state index in [9.17, 15) is 5.26 Å². The molecule has 1 heterocycles. The molecule has 1 aliphatic carbocycles. The Morgan fingerprint density at radius 3 is 2.71 bits per heavy atom. The number of nitrogens with zero attached hydrogens (tertiary/aromatic N) is 1. The fraction of sp³-hybridized carbons (Fsp3) is 0.944. The van der Waals surface area contributed by atoms with Crippen molar-refractivity contribution in [1.29, 1.82) is 5.26 Å². The molecule has 3 heteroatoms. The average Bonchev–Trinajstić information content (AvgIpc) is 2.41. The Morgan fingerprint density at radius 1 is 1.19 bits per heavy atom. The molecule has 0 aromatic carbocycles. The molecule has 2 aliphatic rings. The van der Waals surface area contributed by atoms with Crippen molar-refractivity contribution in [3.8, 4) is 6.07 Å². The highest BCUT2D eigenvalue weighted by Crippen LogP contribution is 2.45. The van der Waals surface area contributed by atoms with Crippen molar-refractivity contribution < 1.29 is 9.47 Å². The Balaban J connectivity index is 1.97. The molecule has 1 saturated heterocycles. The number of nitriles is 1. The van der Waals surface area contributed by atoms with E-state index < -0.39 is 5.79 Å². The third-order valence-corrected chi connectivity index (χ3v) is 4.88. The van der Waals surface area contributed by atoms with Crippen molar-refractivity contribution >= 4 is 0 Å². The fourth-order valence-corrected chi connectivity index (χ4v) is 4.12. The predicted octanol–water partition coefficient (Wildman–Crippen LogP) is 4.95. The lowest BCUT2D eigenvalue weighted by molar-refractivity contribution is -0.341. The van der Waals surface area contributed by atoms with Crippen LogP contribution in [0.1, 0.15) is 85.0 Å². The van der Waals surface area contributed by atoms with Crippen molar-refractivity contribution in [2.75, 3.05) is 0 Å². The maximum atomic E-state index is 9.26. The van der Waals surface area contributed by atoms with E-state index in [2.05, 4.69) is 13.0 Å². The van der Waals surface area contributed by atoms with Gasteiger partial charge in [0.1, 0.15) is 0 Å². The van der Waals surface area contributed by atoms with Gasteiger partial charge in [0.15, 0.2) is 5.79 Å². The van der Waals surface area contributed by atoms with Crippen LogP contribution >= 0.6 is 0 Å². The van der Waals surface area contributed by atoms with Crippen LogP contribution in [0.2, 0.25) is 0 Å². The minimum absolute atomic E-state index is 0.115. The third-order valence-electron chi connectivity index (χ3n) is 4.88. The molecule has 1 unspecified atom stereocenters. The van der Waals surface area contributed by atoms with E-state index in [1.165, 1.54) is 25.7 Å². The highest BCUT2D eigenvalue weighted by atomic mass is 16.7. The monoisotopic (exact) mass is 293 g/mol. The summed E-state index contributed by atoms with van der Waals surface area (Å²) in [5.41, 5.74) is -0.115. The summed E-state index contributed by atoms with van der Waals surface area (Å²) in [6.07, 6.45) is 11.6. The molecule has 0 radical (unpaired) electrons. The topological polar surface area (TPSA) is 42.2 Å². The zero-order chi connectivity index (χ0) is 15.3. The summed E-state index contributed by atoms with van der Waals surface area (Å²) in [5.74, 6) is -0.348. The summed E-state index contributed by atoms with van der Waals surface area (Å²) in [6, 6.07) is 2.46. The number of hydrogen-bond acceptors (Lipinski definition) is 3. The SMILES string of the molecule is CCCCCC[C@H]1C[C@@]2(CCCC(C#N)C2)OC(C)(C)O1. The molecule has 0 aromatic rings. The number of unbranched alkanes of at least 4 members (excludes halogenated alkanes) is 3. The highest BCUT2D eigenvalue weighted by Gasteiger charge is 2.47. The Bertz CT molecular complexity index is 374. The quantitative estimate of drug-likeness (QED) is 0.673. The summed E-state index contributed by atoms with van der Waals surface area (Å²) in [5, 5.41) is 9.26. The molecule has 0 amide bonds. The zero-order valence-electron chi connectivity index (χ0n) is 14.0. The predicted molar refractivity (Wildman–Crippen MR) is 83.7 cm³/mol. The van der Waals surface area contributed by atoms with Crippen LogP contribution in [0.15, 0.2) is 0 Å². The molecule has 120 valence electrons. The van der Waals surface area contributed by atoms with E-state index in [4.69, 9.17) is 9.47 Å². The third kappa shape index (κ3) is 4.69. The summed E-state index contributed by atoms with van der Waals surface area (Å²) in [6.45, 7) is 6.30. The van der Waals surface area contributed by atoms with Gasteiger partial charge in [0.2, 0.25) is 0 Å². The van der Waals surface area contributed by atoms with Crippen LogP contribution in [0, 0.1) is 17.2 Å². The Labute approximate surface area is 130 Å². The Kier molecular flexibility index (Phi) is 5.68. The van der Waals surface area contributed by atoms with Gasteiger partial charge >= 0.3 is 0 Å². The van der Waals surface area contributed by atoms with Crippen LogP contribution in [-0.2, 0) is 9.47 Å². The average molecular weight is 293 g/mol. The van der Waals surface area contributed by atoms with Crippen LogP contribution in [0.3, 0.4) is 0 Å². The van der Waals surface area contributed by atoms with Crippen LogP contribution < -0.4 is 0 Å².